The molecular formula is C13H10N2O. The van der Waals surface area contributed by atoms with Gasteiger partial charge in [0, 0.05) is 11.1 Å². The largest absolute Gasteiger partial charge is 0.334 e. The molecule has 0 bridgehead atoms. The summed E-state index contributed by atoms with van der Waals surface area (Å²) in [5, 5.41) is 3.98. The van der Waals surface area contributed by atoms with Crippen LogP contribution in [0.3, 0.4) is 0 Å². The highest BCUT2D eigenvalue weighted by molar-refractivity contribution is 5.66. The van der Waals surface area contributed by atoms with E-state index in [1.807, 2.05) is 42.5 Å². The lowest BCUT2D eigenvalue weighted by Crippen LogP contribution is -1.82. The predicted octanol–water partition coefficient (Wildman–Crippen LogP) is 3.08. The molecule has 3 rings (SSSR count). The maximum atomic E-state index is 5.23. The van der Waals surface area contributed by atoms with Gasteiger partial charge in [-0.2, -0.15) is 4.98 Å². The van der Waals surface area contributed by atoms with E-state index in [4.69, 9.17) is 4.52 Å². The molecule has 3 nitrogen and oxygen atoms in total. The topological polar surface area (TPSA) is 38.9 Å². The first-order chi connectivity index (χ1) is 7.93. The third-order valence-corrected chi connectivity index (χ3v) is 2.50. The van der Waals surface area contributed by atoms with E-state index in [1.165, 1.54) is 0 Å². The lowest BCUT2D eigenvalue weighted by molar-refractivity contribution is 0.407. The third-order valence-electron chi connectivity index (χ3n) is 2.50. The van der Waals surface area contributed by atoms with Gasteiger partial charge in [-0.15, -0.1) is 0 Å². The van der Waals surface area contributed by atoms with Gasteiger partial charge in [0.2, 0.25) is 5.82 Å². The van der Waals surface area contributed by atoms with Gasteiger partial charge in [0.05, 0.1) is 0 Å². The molecule has 1 aliphatic carbocycles. The Hall–Kier alpha value is -2.16. The molecule has 0 N–H and O–H groups in total. The number of hydrogen-bond donors (Lipinski definition) is 0. The van der Waals surface area contributed by atoms with Crippen molar-refractivity contribution in [3.63, 3.8) is 0 Å². The fraction of sp³-hybridized carbons (Fsp3) is 0.0769. The number of rotatable bonds is 2. The molecule has 0 atom stereocenters. The quantitative estimate of drug-likeness (QED) is 0.764. The maximum Gasteiger partial charge on any atom is 0.254 e. The van der Waals surface area contributed by atoms with Crippen LogP contribution < -0.4 is 0 Å². The van der Waals surface area contributed by atoms with Gasteiger partial charge < -0.3 is 4.52 Å². The van der Waals surface area contributed by atoms with Crippen LogP contribution in [0, 0.1) is 0 Å². The molecule has 3 heteroatoms. The van der Waals surface area contributed by atoms with Crippen LogP contribution in [0.4, 0.5) is 0 Å². The smallest absolute Gasteiger partial charge is 0.254 e. The molecule has 1 aliphatic rings. The van der Waals surface area contributed by atoms with Crippen molar-refractivity contribution in [3.8, 4) is 11.4 Å². The van der Waals surface area contributed by atoms with Crippen LogP contribution in [-0.2, 0) is 0 Å². The average molecular weight is 210 g/mol. The molecule has 0 unspecified atom stereocenters. The van der Waals surface area contributed by atoms with Gasteiger partial charge in [0.15, 0.2) is 0 Å². The van der Waals surface area contributed by atoms with Crippen LogP contribution in [0.15, 0.2) is 53.1 Å². The second-order valence-corrected chi connectivity index (χ2v) is 3.61. The van der Waals surface area contributed by atoms with Crippen LogP contribution in [0.5, 0.6) is 0 Å². The van der Waals surface area contributed by atoms with E-state index in [2.05, 4.69) is 16.2 Å². The molecule has 0 amide bonds. The van der Waals surface area contributed by atoms with E-state index >= 15 is 0 Å². The van der Waals surface area contributed by atoms with Crippen LogP contribution in [-0.4, -0.2) is 10.1 Å². The van der Waals surface area contributed by atoms with Crippen molar-refractivity contribution in [2.45, 2.75) is 6.42 Å². The summed E-state index contributed by atoms with van der Waals surface area (Å²) < 4.78 is 5.23. The zero-order chi connectivity index (χ0) is 10.8. The Morgan fingerprint density at radius 2 is 2.00 bits per heavy atom. The first-order valence-corrected chi connectivity index (χ1v) is 5.19. The minimum absolute atomic E-state index is 0.615. The van der Waals surface area contributed by atoms with Crippen molar-refractivity contribution in [3.05, 3.63) is 54.5 Å². The monoisotopic (exact) mass is 210 g/mol. The highest BCUT2D eigenvalue weighted by atomic mass is 16.5. The number of hydrogen-bond acceptors (Lipinski definition) is 3. The second kappa shape index (κ2) is 3.77. The molecule has 0 saturated carbocycles. The van der Waals surface area contributed by atoms with Gasteiger partial charge >= 0.3 is 0 Å². The standard InChI is InChI=1S/C13H10N2O/c1-2-6-10(7-3-1)12-14-13(16-15-12)11-8-4-5-9-11/h1-8H,9H2. The minimum Gasteiger partial charge on any atom is -0.334 e. The maximum absolute atomic E-state index is 5.23. The second-order valence-electron chi connectivity index (χ2n) is 3.61. The molecule has 0 radical (unpaired) electrons. The van der Waals surface area contributed by atoms with Gasteiger partial charge in [0.1, 0.15) is 0 Å². The fourth-order valence-electron chi connectivity index (χ4n) is 1.66. The highest BCUT2D eigenvalue weighted by Gasteiger charge is 2.12. The van der Waals surface area contributed by atoms with Crippen molar-refractivity contribution >= 4 is 5.57 Å². The number of nitrogens with zero attached hydrogens (tertiary/aromatic N) is 2. The molecule has 0 aliphatic heterocycles. The van der Waals surface area contributed by atoms with Crippen LogP contribution in [0.25, 0.3) is 17.0 Å². The van der Waals surface area contributed by atoms with Gasteiger partial charge in [-0.25, -0.2) is 0 Å². The summed E-state index contributed by atoms with van der Waals surface area (Å²) in [6, 6.07) is 9.82. The Balaban J connectivity index is 1.94. The predicted molar refractivity (Wildman–Crippen MR) is 61.5 cm³/mol. The molecule has 1 heterocycles. The molecule has 1 aromatic heterocycles. The highest BCUT2D eigenvalue weighted by Crippen LogP contribution is 2.24. The molecule has 1 aromatic carbocycles. The molecular weight excluding hydrogens is 200 g/mol. The Kier molecular flexibility index (Phi) is 2.14. The fourth-order valence-corrected chi connectivity index (χ4v) is 1.66. The van der Waals surface area contributed by atoms with E-state index in [0.29, 0.717) is 11.7 Å². The summed E-state index contributed by atoms with van der Waals surface area (Å²) in [5.74, 6) is 1.26. The van der Waals surface area contributed by atoms with Crippen LogP contribution >= 0.6 is 0 Å². The van der Waals surface area contributed by atoms with Gasteiger partial charge in [-0.3, -0.25) is 0 Å². The van der Waals surface area contributed by atoms with Crippen LogP contribution in [0.2, 0.25) is 0 Å². The van der Waals surface area contributed by atoms with Crippen molar-refractivity contribution < 1.29 is 4.52 Å². The van der Waals surface area contributed by atoms with Crippen molar-refractivity contribution in [2.24, 2.45) is 0 Å². The van der Waals surface area contributed by atoms with E-state index in [0.717, 1.165) is 17.6 Å². The summed E-state index contributed by atoms with van der Waals surface area (Å²) in [4.78, 5) is 4.38. The van der Waals surface area contributed by atoms with Gasteiger partial charge in [-0.1, -0.05) is 53.7 Å². The molecule has 16 heavy (non-hydrogen) atoms. The lowest BCUT2D eigenvalue weighted by Gasteiger charge is -1.91. The van der Waals surface area contributed by atoms with Gasteiger partial charge in [-0.05, 0) is 6.42 Å². The van der Waals surface area contributed by atoms with E-state index in [1.54, 1.807) is 0 Å². The van der Waals surface area contributed by atoms with E-state index < -0.39 is 0 Å². The Labute approximate surface area is 93.1 Å². The summed E-state index contributed by atoms with van der Waals surface area (Å²) in [6.07, 6.45) is 6.95. The number of aromatic nitrogens is 2. The minimum atomic E-state index is 0.615. The molecule has 0 saturated heterocycles. The Morgan fingerprint density at radius 1 is 1.12 bits per heavy atom. The summed E-state index contributed by atoms with van der Waals surface area (Å²) in [7, 11) is 0. The Bertz CT molecular complexity index is 552. The number of allylic oxidation sites excluding steroid dienone is 4. The normalized spacial score (nSPS) is 14.1. The molecule has 0 spiro atoms. The SMILES string of the molecule is C1=CCC(c2nc(-c3ccccc3)no2)=C1. The van der Waals surface area contributed by atoms with Gasteiger partial charge in [0.25, 0.3) is 5.89 Å². The first kappa shape index (κ1) is 9.09. The van der Waals surface area contributed by atoms with E-state index in [-0.39, 0.29) is 0 Å². The average Bonchev–Trinajstić information content (AvgIpc) is 3.01. The molecule has 78 valence electrons. The summed E-state index contributed by atoms with van der Waals surface area (Å²) >= 11 is 0. The zero-order valence-corrected chi connectivity index (χ0v) is 8.63. The third kappa shape index (κ3) is 1.56. The van der Waals surface area contributed by atoms with Crippen molar-refractivity contribution in [2.75, 3.05) is 0 Å². The lowest BCUT2D eigenvalue weighted by atomic mass is 10.2. The zero-order valence-electron chi connectivity index (χ0n) is 8.63. The summed E-state index contributed by atoms with van der Waals surface area (Å²) in [5.41, 5.74) is 2.05. The van der Waals surface area contributed by atoms with Crippen molar-refractivity contribution in [1.82, 2.24) is 10.1 Å². The molecule has 0 fully saturated rings. The number of benzene rings is 1. The first-order valence-electron chi connectivity index (χ1n) is 5.19. The van der Waals surface area contributed by atoms with Crippen molar-refractivity contribution in [1.29, 1.82) is 0 Å². The Morgan fingerprint density at radius 3 is 2.75 bits per heavy atom. The summed E-state index contributed by atoms with van der Waals surface area (Å²) in [6.45, 7) is 0. The van der Waals surface area contributed by atoms with E-state index in [9.17, 15) is 0 Å². The molecule has 2 aromatic rings. The van der Waals surface area contributed by atoms with Crippen LogP contribution in [0.1, 0.15) is 12.3 Å².